The van der Waals surface area contributed by atoms with Crippen molar-refractivity contribution in [3.05, 3.63) is 33.1 Å². The lowest BCUT2D eigenvalue weighted by atomic mass is 10.1. The molecule has 0 aliphatic rings. The van der Waals surface area contributed by atoms with Gasteiger partial charge in [0.2, 0.25) is 0 Å². The lowest BCUT2D eigenvalue weighted by molar-refractivity contribution is -0.385. The van der Waals surface area contributed by atoms with Crippen LogP contribution in [-0.2, 0) is 0 Å². The van der Waals surface area contributed by atoms with E-state index in [1.54, 1.807) is 0 Å². The van der Waals surface area contributed by atoms with E-state index in [9.17, 15) is 18.9 Å². The van der Waals surface area contributed by atoms with Crippen molar-refractivity contribution in [2.75, 3.05) is 0 Å². The quantitative estimate of drug-likeness (QED) is 0.556. The topological polar surface area (TPSA) is 79.8 Å². The average Bonchev–Trinajstić information content (AvgIpc) is 2.16. The SMILES string of the molecule is Cc1c(C(F)F)ncc([N+](=O)[O-])c1C#N. The van der Waals surface area contributed by atoms with E-state index in [2.05, 4.69) is 4.98 Å². The highest BCUT2D eigenvalue weighted by Crippen LogP contribution is 2.27. The number of nitro groups is 1. The summed E-state index contributed by atoms with van der Waals surface area (Å²) < 4.78 is 24.7. The second kappa shape index (κ2) is 3.96. The summed E-state index contributed by atoms with van der Waals surface area (Å²) in [7, 11) is 0. The molecule has 0 aromatic carbocycles. The number of aromatic nitrogens is 1. The third-order valence-electron chi connectivity index (χ3n) is 1.86. The van der Waals surface area contributed by atoms with Crippen molar-refractivity contribution in [2.45, 2.75) is 13.3 Å². The molecule has 1 aromatic rings. The third-order valence-corrected chi connectivity index (χ3v) is 1.86. The van der Waals surface area contributed by atoms with Gasteiger partial charge in [0, 0.05) is 5.56 Å². The highest BCUT2D eigenvalue weighted by molar-refractivity contribution is 5.53. The summed E-state index contributed by atoms with van der Waals surface area (Å²) in [6.45, 7) is 1.21. The van der Waals surface area contributed by atoms with Gasteiger partial charge < -0.3 is 0 Å². The van der Waals surface area contributed by atoms with Crippen LogP contribution in [0.3, 0.4) is 0 Å². The van der Waals surface area contributed by atoms with Gasteiger partial charge in [0.25, 0.3) is 6.43 Å². The van der Waals surface area contributed by atoms with E-state index >= 15 is 0 Å². The van der Waals surface area contributed by atoms with Crippen molar-refractivity contribution in [1.29, 1.82) is 5.26 Å². The highest BCUT2D eigenvalue weighted by atomic mass is 19.3. The van der Waals surface area contributed by atoms with Crippen LogP contribution >= 0.6 is 0 Å². The summed E-state index contributed by atoms with van der Waals surface area (Å²) in [5, 5.41) is 19.1. The predicted molar refractivity (Wildman–Crippen MR) is 45.3 cm³/mol. The Morgan fingerprint density at radius 2 is 2.27 bits per heavy atom. The second-order valence-corrected chi connectivity index (χ2v) is 2.70. The molecule has 15 heavy (non-hydrogen) atoms. The maximum Gasteiger partial charge on any atom is 0.305 e. The van der Waals surface area contributed by atoms with Crippen molar-refractivity contribution in [3.8, 4) is 6.07 Å². The maximum atomic E-state index is 12.3. The molecule has 0 fully saturated rings. The molecule has 0 spiro atoms. The van der Waals surface area contributed by atoms with Crippen molar-refractivity contribution in [3.63, 3.8) is 0 Å². The number of nitrogens with zero attached hydrogens (tertiary/aromatic N) is 3. The number of hydrogen-bond donors (Lipinski definition) is 0. The van der Waals surface area contributed by atoms with Gasteiger partial charge in [-0.15, -0.1) is 0 Å². The van der Waals surface area contributed by atoms with Crippen LogP contribution in [-0.4, -0.2) is 9.91 Å². The minimum Gasteiger partial charge on any atom is -0.258 e. The lowest BCUT2D eigenvalue weighted by Crippen LogP contribution is -2.02. The molecule has 1 heterocycles. The van der Waals surface area contributed by atoms with Crippen LogP contribution in [0.25, 0.3) is 0 Å². The molecule has 5 nitrogen and oxygen atoms in total. The van der Waals surface area contributed by atoms with Crippen LogP contribution in [0.15, 0.2) is 6.20 Å². The molecule has 0 N–H and O–H groups in total. The molecule has 1 rings (SSSR count). The van der Waals surface area contributed by atoms with E-state index in [1.165, 1.54) is 13.0 Å². The summed E-state index contributed by atoms with van der Waals surface area (Å²) in [5.41, 5.74) is -1.68. The highest BCUT2D eigenvalue weighted by Gasteiger charge is 2.23. The lowest BCUT2D eigenvalue weighted by Gasteiger charge is -2.04. The number of pyridine rings is 1. The fraction of sp³-hybridized carbons (Fsp3) is 0.250. The third kappa shape index (κ3) is 1.88. The van der Waals surface area contributed by atoms with Gasteiger partial charge in [-0.25, -0.2) is 13.8 Å². The summed E-state index contributed by atoms with van der Waals surface area (Å²) in [5.74, 6) is 0. The normalized spacial score (nSPS) is 10.1. The molecular weight excluding hydrogens is 208 g/mol. The van der Waals surface area contributed by atoms with E-state index in [0.717, 1.165) is 0 Å². The van der Waals surface area contributed by atoms with Crippen molar-refractivity contribution >= 4 is 5.69 Å². The Morgan fingerprint density at radius 1 is 1.67 bits per heavy atom. The van der Waals surface area contributed by atoms with Gasteiger partial charge in [0.05, 0.1) is 4.92 Å². The largest absolute Gasteiger partial charge is 0.305 e. The molecule has 0 saturated heterocycles. The molecule has 0 saturated carbocycles. The van der Waals surface area contributed by atoms with Crippen LogP contribution in [0.5, 0.6) is 0 Å². The second-order valence-electron chi connectivity index (χ2n) is 2.70. The zero-order valence-corrected chi connectivity index (χ0v) is 7.57. The fourth-order valence-electron chi connectivity index (χ4n) is 1.11. The first-order chi connectivity index (χ1) is 6.99. The molecule has 0 atom stereocenters. The fourth-order valence-corrected chi connectivity index (χ4v) is 1.11. The first kappa shape index (κ1) is 11.0. The van der Waals surface area contributed by atoms with E-state index in [0.29, 0.717) is 6.20 Å². The molecule has 0 amide bonds. The average molecular weight is 213 g/mol. The zero-order valence-electron chi connectivity index (χ0n) is 7.57. The van der Waals surface area contributed by atoms with E-state index < -0.39 is 22.7 Å². The summed E-state index contributed by atoms with van der Waals surface area (Å²) in [4.78, 5) is 12.9. The van der Waals surface area contributed by atoms with Crippen molar-refractivity contribution in [2.24, 2.45) is 0 Å². The Hall–Kier alpha value is -2.10. The molecule has 1 aromatic heterocycles. The van der Waals surface area contributed by atoms with Crippen LogP contribution in [0.2, 0.25) is 0 Å². The van der Waals surface area contributed by atoms with Crippen LogP contribution in [0.1, 0.15) is 23.2 Å². The number of halogens is 2. The molecule has 0 radical (unpaired) electrons. The Labute approximate surface area is 83.1 Å². The van der Waals surface area contributed by atoms with Crippen molar-refractivity contribution in [1.82, 2.24) is 4.98 Å². The monoisotopic (exact) mass is 213 g/mol. The van der Waals surface area contributed by atoms with Gasteiger partial charge >= 0.3 is 5.69 Å². The van der Waals surface area contributed by atoms with Gasteiger partial charge in [0.1, 0.15) is 23.5 Å². The van der Waals surface area contributed by atoms with Crippen LogP contribution in [0, 0.1) is 28.4 Å². The van der Waals surface area contributed by atoms with E-state index in [4.69, 9.17) is 5.26 Å². The number of nitriles is 1. The van der Waals surface area contributed by atoms with E-state index in [1.807, 2.05) is 0 Å². The molecular formula is C8H5F2N3O2. The predicted octanol–water partition coefficient (Wildman–Crippen LogP) is 2.11. The van der Waals surface area contributed by atoms with Crippen LogP contribution < -0.4 is 0 Å². The Bertz CT molecular complexity index is 454. The van der Waals surface area contributed by atoms with Crippen LogP contribution in [0.4, 0.5) is 14.5 Å². The first-order valence-electron chi connectivity index (χ1n) is 3.81. The number of hydrogen-bond acceptors (Lipinski definition) is 4. The molecule has 0 bridgehead atoms. The summed E-state index contributed by atoms with van der Waals surface area (Å²) in [6.07, 6.45) is -2.18. The van der Waals surface area contributed by atoms with Gasteiger partial charge in [-0.05, 0) is 6.92 Å². The molecule has 0 unspecified atom stereocenters. The van der Waals surface area contributed by atoms with Gasteiger partial charge in [-0.3, -0.25) is 10.1 Å². The van der Waals surface area contributed by atoms with Gasteiger partial charge in [0.15, 0.2) is 0 Å². The first-order valence-corrected chi connectivity index (χ1v) is 3.81. The standard InChI is InChI=1S/C8H5F2N3O2/c1-4-5(2-11)6(13(14)15)3-12-7(4)8(9)10/h3,8H,1H3. The van der Waals surface area contributed by atoms with Gasteiger partial charge in [-0.1, -0.05) is 0 Å². The minimum absolute atomic E-state index is 0.151. The smallest absolute Gasteiger partial charge is 0.258 e. The molecule has 7 heteroatoms. The van der Waals surface area contributed by atoms with Gasteiger partial charge in [-0.2, -0.15) is 5.26 Å². The molecule has 0 aliphatic carbocycles. The Morgan fingerprint density at radius 3 is 2.67 bits per heavy atom. The Balaban J connectivity index is 3.48. The van der Waals surface area contributed by atoms with E-state index in [-0.39, 0.29) is 11.1 Å². The number of alkyl halides is 2. The summed E-state index contributed by atoms with van der Waals surface area (Å²) >= 11 is 0. The summed E-state index contributed by atoms with van der Waals surface area (Å²) in [6, 6.07) is 1.53. The number of rotatable bonds is 2. The molecule has 78 valence electrons. The minimum atomic E-state index is -2.85. The maximum absolute atomic E-state index is 12.3. The van der Waals surface area contributed by atoms with Crippen molar-refractivity contribution < 1.29 is 13.7 Å². The molecule has 0 aliphatic heterocycles. The zero-order chi connectivity index (χ0) is 11.6. The Kier molecular flexibility index (Phi) is 2.90.